The Kier molecular flexibility index (Phi) is 7.06. The van der Waals surface area contributed by atoms with E-state index in [9.17, 15) is 0 Å². The van der Waals surface area contributed by atoms with Gasteiger partial charge in [0.25, 0.3) is 0 Å². The van der Waals surface area contributed by atoms with Crippen molar-refractivity contribution in [2.24, 2.45) is 0 Å². The third kappa shape index (κ3) is 4.93. The van der Waals surface area contributed by atoms with Gasteiger partial charge in [0, 0.05) is 58.6 Å². The predicted molar refractivity (Wildman–Crippen MR) is 238 cm³/mol. The number of hydrogen-bond donors (Lipinski definition) is 0. The summed E-state index contributed by atoms with van der Waals surface area (Å²) in [6, 6.07) is 66.8. The van der Waals surface area contributed by atoms with Gasteiger partial charge in [-0.3, -0.25) is 0 Å². The molecule has 0 bridgehead atoms. The molecule has 0 aliphatic heterocycles. The van der Waals surface area contributed by atoms with Gasteiger partial charge in [-0.25, -0.2) is 9.97 Å². The van der Waals surface area contributed by atoms with E-state index in [0.29, 0.717) is 11.4 Å². The zero-order valence-electron chi connectivity index (χ0n) is 30.6. The molecule has 4 heterocycles. The SMILES string of the molecule is c1ccc(-c2nc(-c3cc(-c4ccccc4)c(-n4c5ccccc5c5ccc6sc7ccccc7c6c54)c(-c4ccccc4)c3)c3oc4ccccc4c3n2)cc1. The van der Waals surface area contributed by atoms with Gasteiger partial charge in [0.05, 0.1) is 16.7 Å². The molecule has 0 radical (unpaired) electrons. The first-order valence-electron chi connectivity index (χ1n) is 19.2. The number of hydrogen-bond acceptors (Lipinski definition) is 4. The van der Waals surface area contributed by atoms with Crippen molar-refractivity contribution >= 4 is 75.4 Å². The largest absolute Gasteiger partial charge is 0.452 e. The van der Waals surface area contributed by atoms with Gasteiger partial charge in [-0.05, 0) is 53.6 Å². The topological polar surface area (TPSA) is 43.9 Å². The van der Waals surface area contributed by atoms with Gasteiger partial charge in [0.2, 0.25) is 0 Å². The minimum absolute atomic E-state index is 0.658. The Morgan fingerprint density at radius 3 is 1.77 bits per heavy atom. The lowest BCUT2D eigenvalue weighted by Gasteiger charge is -2.21. The molecule has 0 unspecified atom stereocenters. The maximum absolute atomic E-state index is 6.69. The van der Waals surface area contributed by atoms with E-state index in [0.717, 1.165) is 66.8 Å². The number of aromatic nitrogens is 3. The van der Waals surface area contributed by atoms with Gasteiger partial charge in [0.15, 0.2) is 11.4 Å². The number of furan rings is 1. The van der Waals surface area contributed by atoms with Crippen LogP contribution in [0.25, 0.3) is 115 Å². The average molecular weight is 746 g/mol. The molecule has 8 aromatic carbocycles. The normalized spacial score (nSPS) is 11.9. The highest BCUT2D eigenvalue weighted by molar-refractivity contribution is 7.26. The Morgan fingerprint density at radius 2 is 1.05 bits per heavy atom. The number of nitrogens with zero attached hydrogens (tertiary/aromatic N) is 3. The van der Waals surface area contributed by atoms with Crippen LogP contribution < -0.4 is 0 Å². The van der Waals surface area contributed by atoms with E-state index in [1.165, 1.54) is 36.5 Å². The summed E-state index contributed by atoms with van der Waals surface area (Å²) in [5.74, 6) is 0.658. The summed E-state index contributed by atoms with van der Waals surface area (Å²) in [7, 11) is 0. The maximum Gasteiger partial charge on any atom is 0.180 e. The summed E-state index contributed by atoms with van der Waals surface area (Å²) in [6.45, 7) is 0. The summed E-state index contributed by atoms with van der Waals surface area (Å²) in [5, 5.41) is 5.97. The van der Waals surface area contributed by atoms with Gasteiger partial charge in [0.1, 0.15) is 16.8 Å². The van der Waals surface area contributed by atoms with E-state index in [-0.39, 0.29) is 0 Å². The molecule has 57 heavy (non-hydrogen) atoms. The molecule has 266 valence electrons. The minimum atomic E-state index is 0.658. The fourth-order valence-electron chi connectivity index (χ4n) is 8.69. The minimum Gasteiger partial charge on any atom is -0.452 e. The standard InChI is InChI=1S/C52H31N3OS/c1-4-16-32(17-5-1)40-30-35(47-51-48(38-23-11-14-26-43(38)56-51)54-52(53-47)34-20-8-3-9-21-34)31-41(33-18-6-2-7-19-33)49(40)55-42-25-13-10-22-36(42)37-28-29-45-46(50(37)55)39-24-12-15-27-44(39)57-45/h1-31H. The molecule has 12 rings (SSSR count). The first-order valence-corrected chi connectivity index (χ1v) is 20.0. The summed E-state index contributed by atoms with van der Waals surface area (Å²) in [4.78, 5) is 10.5. The fourth-order valence-corrected chi connectivity index (χ4v) is 9.80. The third-order valence-electron chi connectivity index (χ3n) is 11.2. The van der Waals surface area contributed by atoms with Crippen molar-refractivity contribution in [1.82, 2.24) is 14.5 Å². The maximum atomic E-state index is 6.69. The highest BCUT2D eigenvalue weighted by Crippen LogP contribution is 2.48. The summed E-state index contributed by atoms with van der Waals surface area (Å²) >= 11 is 1.86. The molecule has 0 aliphatic rings. The van der Waals surface area contributed by atoms with Crippen molar-refractivity contribution in [2.75, 3.05) is 0 Å². The number of rotatable bonds is 5. The molecule has 0 amide bonds. The van der Waals surface area contributed by atoms with Crippen LogP contribution >= 0.6 is 11.3 Å². The van der Waals surface area contributed by atoms with Gasteiger partial charge < -0.3 is 8.98 Å². The molecule has 0 spiro atoms. The van der Waals surface area contributed by atoms with Crippen molar-refractivity contribution in [1.29, 1.82) is 0 Å². The van der Waals surface area contributed by atoms with Crippen molar-refractivity contribution in [3.05, 3.63) is 188 Å². The van der Waals surface area contributed by atoms with Gasteiger partial charge in [-0.15, -0.1) is 11.3 Å². The van der Waals surface area contributed by atoms with Crippen LogP contribution in [0.5, 0.6) is 0 Å². The summed E-state index contributed by atoms with van der Waals surface area (Å²) < 4.78 is 11.8. The van der Waals surface area contributed by atoms with E-state index in [1.807, 2.05) is 47.7 Å². The van der Waals surface area contributed by atoms with Gasteiger partial charge >= 0.3 is 0 Å². The molecular formula is C52H31N3OS. The smallest absolute Gasteiger partial charge is 0.180 e. The zero-order valence-corrected chi connectivity index (χ0v) is 31.4. The molecule has 0 fully saturated rings. The predicted octanol–water partition coefficient (Wildman–Crippen LogP) is 14.5. The second-order valence-electron chi connectivity index (χ2n) is 14.5. The highest BCUT2D eigenvalue weighted by atomic mass is 32.1. The van der Waals surface area contributed by atoms with Crippen LogP contribution in [0, 0.1) is 0 Å². The first-order chi connectivity index (χ1) is 28.3. The van der Waals surface area contributed by atoms with Gasteiger partial charge in [-0.2, -0.15) is 0 Å². The molecule has 0 saturated heterocycles. The molecule has 5 heteroatoms. The third-order valence-corrected chi connectivity index (χ3v) is 12.3. The summed E-state index contributed by atoms with van der Waals surface area (Å²) in [5.41, 5.74) is 12.8. The van der Waals surface area contributed by atoms with E-state index >= 15 is 0 Å². The van der Waals surface area contributed by atoms with E-state index in [2.05, 4.69) is 156 Å². The van der Waals surface area contributed by atoms with Crippen LogP contribution in [0.1, 0.15) is 0 Å². The number of thiophene rings is 1. The van der Waals surface area contributed by atoms with Gasteiger partial charge in [-0.1, -0.05) is 146 Å². The quantitative estimate of drug-likeness (QED) is 0.176. The van der Waals surface area contributed by atoms with Crippen LogP contribution in [0.4, 0.5) is 0 Å². The van der Waals surface area contributed by atoms with E-state index in [4.69, 9.17) is 14.4 Å². The Bertz CT molecular complexity index is 3450. The molecule has 0 saturated carbocycles. The van der Waals surface area contributed by atoms with Crippen LogP contribution in [-0.2, 0) is 0 Å². The lowest BCUT2D eigenvalue weighted by molar-refractivity contribution is 0.667. The van der Waals surface area contributed by atoms with Crippen molar-refractivity contribution in [2.45, 2.75) is 0 Å². The van der Waals surface area contributed by atoms with Crippen molar-refractivity contribution < 1.29 is 4.42 Å². The average Bonchev–Trinajstić information content (AvgIpc) is 3.96. The van der Waals surface area contributed by atoms with E-state index in [1.54, 1.807) is 0 Å². The van der Waals surface area contributed by atoms with Crippen LogP contribution in [0.3, 0.4) is 0 Å². The highest BCUT2D eigenvalue weighted by Gasteiger charge is 2.26. The van der Waals surface area contributed by atoms with Crippen molar-refractivity contribution in [3.8, 4) is 50.6 Å². The number of fused-ring (bicyclic) bond motifs is 10. The van der Waals surface area contributed by atoms with Crippen LogP contribution in [0.15, 0.2) is 192 Å². The molecule has 0 aliphatic carbocycles. The lowest BCUT2D eigenvalue weighted by atomic mass is 9.91. The molecular weight excluding hydrogens is 715 g/mol. The second kappa shape index (κ2) is 12.6. The molecule has 0 N–H and O–H groups in total. The fraction of sp³-hybridized carbons (Fsp3) is 0. The first kappa shape index (κ1) is 32.0. The Morgan fingerprint density at radius 1 is 0.456 bits per heavy atom. The molecule has 12 aromatic rings. The zero-order chi connectivity index (χ0) is 37.5. The second-order valence-corrected chi connectivity index (χ2v) is 15.6. The van der Waals surface area contributed by atoms with Crippen LogP contribution in [0.2, 0.25) is 0 Å². The van der Waals surface area contributed by atoms with E-state index < -0.39 is 0 Å². The molecule has 0 atom stereocenters. The number of benzene rings is 8. The van der Waals surface area contributed by atoms with Crippen LogP contribution in [-0.4, -0.2) is 14.5 Å². The summed E-state index contributed by atoms with van der Waals surface area (Å²) in [6.07, 6.45) is 0. The Balaban J connectivity index is 1.27. The monoisotopic (exact) mass is 745 g/mol. The molecule has 4 nitrogen and oxygen atoms in total. The van der Waals surface area contributed by atoms with Crippen molar-refractivity contribution in [3.63, 3.8) is 0 Å². The number of para-hydroxylation sites is 2. The Labute approximate surface area is 331 Å². The Hall–Kier alpha value is -7.34. The molecule has 4 aromatic heterocycles. The lowest BCUT2D eigenvalue weighted by Crippen LogP contribution is -2.03.